The van der Waals surface area contributed by atoms with E-state index in [9.17, 15) is 9.59 Å². The molecule has 0 saturated heterocycles. The van der Waals surface area contributed by atoms with Crippen molar-refractivity contribution in [2.45, 2.75) is 51.0 Å². The molecular formula is C19H23BrN2O3. The van der Waals surface area contributed by atoms with Crippen LogP contribution < -0.4 is 0 Å². The molecule has 25 heavy (non-hydrogen) atoms. The van der Waals surface area contributed by atoms with Crippen LogP contribution in [0.25, 0.3) is 0 Å². The quantitative estimate of drug-likeness (QED) is 0.348. The van der Waals surface area contributed by atoms with Crippen LogP contribution in [0.4, 0.5) is 0 Å². The van der Waals surface area contributed by atoms with E-state index in [1.165, 1.54) is 7.11 Å². The SMILES string of the molecule is CCCC1(CCCCC(=O)OC)C=CC(c2ncc(Br)cc2C=O)=N1. The van der Waals surface area contributed by atoms with Crippen molar-refractivity contribution >= 4 is 33.9 Å². The van der Waals surface area contributed by atoms with Crippen molar-refractivity contribution in [3.05, 3.63) is 40.1 Å². The van der Waals surface area contributed by atoms with Crippen LogP contribution in [-0.2, 0) is 9.53 Å². The molecule has 0 saturated carbocycles. The summed E-state index contributed by atoms with van der Waals surface area (Å²) in [6.07, 6.45) is 11.5. The summed E-state index contributed by atoms with van der Waals surface area (Å²) in [5, 5.41) is 0. The van der Waals surface area contributed by atoms with E-state index in [2.05, 4.69) is 38.7 Å². The normalized spacial score (nSPS) is 18.9. The van der Waals surface area contributed by atoms with E-state index in [1.54, 1.807) is 12.3 Å². The van der Waals surface area contributed by atoms with Gasteiger partial charge < -0.3 is 4.74 Å². The van der Waals surface area contributed by atoms with Crippen molar-refractivity contribution in [1.82, 2.24) is 4.98 Å². The number of ether oxygens (including phenoxy) is 1. The first kappa shape index (κ1) is 19.5. The van der Waals surface area contributed by atoms with Crippen LogP contribution in [0.5, 0.6) is 0 Å². The lowest BCUT2D eigenvalue weighted by Crippen LogP contribution is -2.22. The van der Waals surface area contributed by atoms with E-state index >= 15 is 0 Å². The van der Waals surface area contributed by atoms with Crippen molar-refractivity contribution in [3.8, 4) is 0 Å². The number of rotatable bonds is 9. The fourth-order valence-electron chi connectivity index (χ4n) is 3.08. The maximum Gasteiger partial charge on any atom is 0.305 e. The van der Waals surface area contributed by atoms with Crippen LogP contribution in [0.1, 0.15) is 61.5 Å². The number of hydrogen-bond acceptors (Lipinski definition) is 5. The van der Waals surface area contributed by atoms with E-state index in [4.69, 9.17) is 4.99 Å². The maximum absolute atomic E-state index is 11.3. The Morgan fingerprint density at radius 2 is 2.16 bits per heavy atom. The summed E-state index contributed by atoms with van der Waals surface area (Å²) in [6, 6.07) is 1.75. The Hall–Kier alpha value is -1.82. The van der Waals surface area contributed by atoms with E-state index in [1.807, 2.05) is 6.08 Å². The smallest absolute Gasteiger partial charge is 0.305 e. The molecule has 2 rings (SSSR count). The molecule has 1 aliphatic rings. The van der Waals surface area contributed by atoms with E-state index < -0.39 is 0 Å². The molecule has 5 nitrogen and oxygen atoms in total. The number of nitrogens with zero attached hydrogens (tertiary/aromatic N) is 2. The maximum atomic E-state index is 11.3. The van der Waals surface area contributed by atoms with Gasteiger partial charge >= 0.3 is 5.97 Å². The second kappa shape index (κ2) is 9.04. The first-order valence-electron chi connectivity index (χ1n) is 8.50. The van der Waals surface area contributed by atoms with Gasteiger partial charge in [-0.2, -0.15) is 0 Å². The van der Waals surface area contributed by atoms with Gasteiger partial charge in [0.2, 0.25) is 0 Å². The van der Waals surface area contributed by atoms with Crippen molar-refractivity contribution in [2.24, 2.45) is 4.99 Å². The average Bonchev–Trinajstić information content (AvgIpc) is 3.02. The number of carbonyl (C=O) groups excluding carboxylic acids is 2. The van der Waals surface area contributed by atoms with Gasteiger partial charge in [0.05, 0.1) is 24.1 Å². The minimum Gasteiger partial charge on any atom is -0.469 e. The predicted octanol–water partition coefficient (Wildman–Crippen LogP) is 4.29. The summed E-state index contributed by atoms with van der Waals surface area (Å²) in [5.41, 5.74) is 1.61. The molecular weight excluding hydrogens is 384 g/mol. The molecule has 0 radical (unpaired) electrons. The van der Waals surface area contributed by atoms with E-state index in [-0.39, 0.29) is 11.5 Å². The van der Waals surface area contributed by atoms with E-state index in [0.29, 0.717) is 17.7 Å². The van der Waals surface area contributed by atoms with E-state index in [0.717, 1.165) is 48.6 Å². The van der Waals surface area contributed by atoms with Crippen molar-refractivity contribution < 1.29 is 14.3 Å². The molecule has 0 spiro atoms. The minimum atomic E-state index is -0.269. The first-order valence-corrected chi connectivity index (χ1v) is 9.30. The lowest BCUT2D eigenvalue weighted by Gasteiger charge is -2.23. The number of allylic oxidation sites excluding steroid dienone is 1. The van der Waals surface area contributed by atoms with Crippen LogP contribution in [-0.4, -0.2) is 35.6 Å². The highest BCUT2D eigenvalue weighted by Crippen LogP contribution is 2.32. The zero-order valence-electron chi connectivity index (χ0n) is 14.6. The first-order chi connectivity index (χ1) is 12.0. The van der Waals surface area contributed by atoms with Crippen molar-refractivity contribution in [3.63, 3.8) is 0 Å². The Kier molecular flexibility index (Phi) is 7.05. The Bertz CT molecular complexity index is 700. The molecule has 0 fully saturated rings. The van der Waals surface area contributed by atoms with Crippen molar-refractivity contribution in [1.29, 1.82) is 0 Å². The lowest BCUT2D eigenvalue weighted by atomic mass is 9.89. The number of halogens is 1. The van der Waals surface area contributed by atoms with Gasteiger partial charge in [0.1, 0.15) is 0 Å². The molecule has 1 aromatic rings. The summed E-state index contributed by atoms with van der Waals surface area (Å²) in [6.45, 7) is 2.13. The van der Waals surface area contributed by atoms with Gasteiger partial charge in [0.15, 0.2) is 6.29 Å². The highest BCUT2D eigenvalue weighted by Gasteiger charge is 2.30. The number of aromatic nitrogens is 1. The number of esters is 1. The summed E-state index contributed by atoms with van der Waals surface area (Å²) >= 11 is 3.34. The molecule has 1 unspecified atom stereocenters. The Morgan fingerprint density at radius 1 is 1.36 bits per heavy atom. The van der Waals surface area contributed by atoms with Crippen LogP contribution in [0, 0.1) is 0 Å². The van der Waals surface area contributed by atoms with Crippen LogP contribution in [0.2, 0.25) is 0 Å². The molecule has 1 atom stereocenters. The number of pyridine rings is 1. The number of hydrogen-bond donors (Lipinski definition) is 0. The van der Waals surface area contributed by atoms with Gasteiger partial charge in [-0.1, -0.05) is 25.8 Å². The number of aldehydes is 1. The van der Waals surface area contributed by atoms with Crippen LogP contribution in [0.3, 0.4) is 0 Å². The van der Waals surface area contributed by atoms with Gasteiger partial charge in [0, 0.05) is 22.7 Å². The molecule has 1 aliphatic heterocycles. The molecule has 0 aromatic carbocycles. The number of aliphatic imine (C=N–C) groups is 1. The number of methoxy groups -OCH3 is 1. The third-order valence-electron chi connectivity index (χ3n) is 4.30. The van der Waals surface area contributed by atoms with Gasteiger partial charge in [0.25, 0.3) is 0 Å². The zero-order valence-corrected chi connectivity index (χ0v) is 16.2. The largest absolute Gasteiger partial charge is 0.469 e. The highest BCUT2D eigenvalue weighted by molar-refractivity contribution is 9.10. The van der Waals surface area contributed by atoms with Gasteiger partial charge in [-0.15, -0.1) is 0 Å². The average molecular weight is 407 g/mol. The Balaban J connectivity index is 2.14. The van der Waals surface area contributed by atoms with Crippen LogP contribution >= 0.6 is 15.9 Å². The summed E-state index contributed by atoms with van der Waals surface area (Å²) in [4.78, 5) is 31.9. The van der Waals surface area contributed by atoms with Gasteiger partial charge in [-0.05, 0) is 47.3 Å². The third kappa shape index (κ3) is 5.08. The highest BCUT2D eigenvalue weighted by atomic mass is 79.9. The standard InChI is InChI=1S/C19H23BrN2O3/c1-3-8-19(9-5-4-6-17(24)25-2)10-7-16(22-19)18-14(13-23)11-15(20)12-21-18/h7,10-13H,3-6,8-9H2,1-2H3. The second-order valence-corrected chi connectivity index (χ2v) is 7.09. The number of carbonyl (C=O) groups is 2. The van der Waals surface area contributed by atoms with Gasteiger partial charge in [-0.25, -0.2) is 0 Å². The fraction of sp³-hybridized carbons (Fsp3) is 0.474. The molecule has 0 bridgehead atoms. The monoisotopic (exact) mass is 406 g/mol. The molecule has 6 heteroatoms. The molecule has 134 valence electrons. The predicted molar refractivity (Wildman–Crippen MR) is 101 cm³/mol. The molecule has 0 aliphatic carbocycles. The minimum absolute atomic E-state index is 0.176. The summed E-state index contributed by atoms with van der Waals surface area (Å²) in [5.74, 6) is -0.176. The van der Waals surface area contributed by atoms with Gasteiger partial charge in [-0.3, -0.25) is 19.6 Å². The lowest BCUT2D eigenvalue weighted by molar-refractivity contribution is -0.140. The van der Waals surface area contributed by atoms with Crippen molar-refractivity contribution in [2.75, 3.05) is 7.11 Å². The fourth-order valence-corrected chi connectivity index (χ4v) is 3.43. The summed E-state index contributed by atoms with van der Waals surface area (Å²) < 4.78 is 5.45. The molecule has 1 aromatic heterocycles. The molecule has 2 heterocycles. The topological polar surface area (TPSA) is 68.6 Å². The third-order valence-corrected chi connectivity index (χ3v) is 4.73. The summed E-state index contributed by atoms with van der Waals surface area (Å²) in [7, 11) is 1.41. The molecule has 0 N–H and O–H groups in total. The zero-order chi connectivity index (χ0) is 18.3. The number of unbranched alkanes of at least 4 members (excludes halogenated alkanes) is 1. The molecule has 0 amide bonds. The second-order valence-electron chi connectivity index (χ2n) is 6.18. The Labute approximate surface area is 156 Å². The van der Waals surface area contributed by atoms with Crippen LogP contribution in [0.15, 0.2) is 33.9 Å². The Morgan fingerprint density at radius 3 is 2.84 bits per heavy atom.